The molecule has 3 rings (SSSR count). The average Bonchev–Trinajstić information content (AvgIpc) is 3.50. The van der Waals surface area contributed by atoms with E-state index in [0.29, 0.717) is 35.5 Å². The van der Waals surface area contributed by atoms with Crippen molar-refractivity contribution in [3.63, 3.8) is 0 Å². The molecule has 27 heavy (non-hydrogen) atoms. The van der Waals surface area contributed by atoms with E-state index in [4.69, 9.17) is 4.74 Å². The van der Waals surface area contributed by atoms with Crippen molar-refractivity contribution in [2.24, 2.45) is 5.41 Å². The number of amides is 2. The van der Waals surface area contributed by atoms with Crippen molar-refractivity contribution in [2.75, 3.05) is 24.9 Å². The van der Waals surface area contributed by atoms with Crippen LogP contribution in [0.5, 0.6) is 5.75 Å². The molecule has 0 bridgehead atoms. The van der Waals surface area contributed by atoms with Crippen LogP contribution in [0, 0.1) is 5.41 Å². The smallest absolute Gasteiger partial charge is 0.337 e. The highest BCUT2D eigenvalue weighted by atomic mass is 16.5. The molecule has 1 saturated carbocycles. The zero-order chi connectivity index (χ0) is 19.4. The number of hydrogen-bond acceptors (Lipinski definition) is 5. The van der Waals surface area contributed by atoms with Crippen molar-refractivity contribution < 1.29 is 23.9 Å². The van der Waals surface area contributed by atoms with E-state index in [2.05, 4.69) is 15.4 Å². The molecule has 0 heterocycles. The number of carbonyl (C=O) groups excluding carboxylic acids is 3. The first-order chi connectivity index (χ1) is 13.0. The van der Waals surface area contributed by atoms with E-state index in [9.17, 15) is 14.4 Å². The van der Waals surface area contributed by atoms with Gasteiger partial charge in [0.05, 0.1) is 19.8 Å². The first-order valence-corrected chi connectivity index (χ1v) is 8.44. The second-order valence-corrected chi connectivity index (χ2v) is 6.29. The lowest BCUT2D eigenvalue weighted by atomic mass is 10.0. The molecular weight excluding hydrogens is 348 g/mol. The summed E-state index contributed by atoms with van der Waals surface area (Å²) in [6.07, 6.45) is 0.940. The van der Waals surface area contributed by atoms with Gasteiger partial charge in [0.1, 0.15) is 11.2 Å². The predicted octanol–water partition coefficient (Wildman–Crippen LogP) is 2.84. The van der Waals surface area contributed by atoms with Crippen LogP contribution in [0.4, 0.5) is 11.4 Å². The van der Waals surface area contributed by atoms with Gasteiger partial charge in [-0.05, 0) is 55.3 Å². The Morgan fingerprint density at radius 1 is 0.889 bits per heavy atom. The van der Waals surface area contributed by atoms with Crippen molar-refractivity contribution in [3.8, 4) is 5.75 Å². The van der Waals surface area contributed by atoms with Gasteiger partial charge < -0.3 is 20.1 Å². The molecule has 0 saturated heterocycles. The number of carbonyl (C=O) groups is 3. The van der Waals surface area contributed by atoms with E-state index in [1.807, 2.05) is 0 Å². The maximum absolute atomic E-state index is 12.7. The van der Waals surface area contributed by atoms with Gasteiger partial charge in [0, 0.05) is 11.4 Å². The molecule has 0 atom stereocenters. The standard InChI is InChI=1S/C20H20N2O5/c1-26-16-8-6-14(7-9-16)21-18(24)20(10-11-20)19(25)22-15-5-3-4-13(12-15)17(23)27-2/h3-9,12H,10-11H2,1-2H3,(H,21,24)(H,22,25). The Kier molecular flexibility index (Phi) is 5.12. The Morgan fingerprint density at radius 2 is 1.52 bits per heavy atom. The van der Waals surface area contributed by atoms with Gasteiger partial charge in [0.2, 0.25) is 11.8 Å². The van der Waals surface area contributed by atoms with Crippen LogP contribution in [0.15, 0.2) is 48.5 Å². The fourth-order valence-corrected chi connectivity index (χ4v) is 2.70. The summed E-state index contributed by atoms with van der Waals surface area (Å²) in [5.41, 5.74) is 0.253. The molecule has 1 aliphatic rings. The molecule has 2 aromatic carbocycles. The number of hydrogen-bond donors (Lipinski definition) is 2. The lowest BCUT2D eigenvalue weighted by Gasteiger charge is -2.16. The van der Waals surface area contributed by atoms with Gasteiger partial charge in [0.15, 0.2) is 0 Å². The van der Waals surface area contributed by atoms with Gasteiger partial charge in [-0.1, -0.05) is 6.07 Å². The van der Waals surface area contributed by atoms with Crippen LogP contribution in [0.25, 0.3) is 0 Å². The Bertz CT molecular complexity index is 872. The molecule has 140 valence electrons. The number of benzene rings is 2. The lowest BCUT2D eigenvalue weighted by molar-refractivity contribution is -0.131. The van der Waals surface area contributed by atoms with Crippen LogP contribution in [0.1, 0.15) is 23.2 Å². The lowest BCUT2D eigenvalue weighted by Crippen LogP contribution is -2.35. The third-order valence-electron chi connectivity index (χ3n) is 4.51. The van der Waals surface area contributed by atoms with Crippen molar-refractivity contribution in [1.82, 2.24) is 0 Å². The average molecular weight is 368 g/mol. The Morgan fingerprint density at radius 3 is 2.07 bits per heavy atom. The van der Waals surface area contributed by atoms with E-state index in [0.717, 1.165) is 0 Å². The number of nitrogens with one attached hydrogen (secondary N) is 2. The third kappa shape index (κ3) is 3.92. The van der Waals surface area contributed by atoms with Crippen LogP contribution < -0.4 is 15.4 Å². The zero-order valence-electron chi connectivity index (χ0n) is 15.1. The van der Waals surface area contributed by atoms with Gasteiger partial charge >= 0.3 is 5.97 Å². The number of rotatable bonds is 6. The first-order valence-electron chi connectivity index (χ1n) is 8.44. The normalized spacial score (nSPS) is 14.0. The number of esters is 1. The molecule has 0 aliphatic heterocycles. The minimum absolute atomic E-state index is 0.322. The van der Waals surface area contributed by atoms with Crippen molar-refractivity contribution >= 4 is 29.2 Å². The van der Waals surface area contributed by atoms with Crippen LogP contribution in [-0.4, -0.2) is 32.0 Å². The number of anilines is 2. The summed E-state index contributed by atoms with van der Waals surface area (Å²) >= 11 is 0. The zero-order valence-corrected chi connectivity index (χ0v) is 15.1. The Hall–Kier alpha value is -3.35. The van der Waals surface area contributed by atoms with E-state index in [1.54, 1.807) is 49.6 Å². The molecule has 1 aliphatic carbocycles. The topological polar surface area (TPSA) is 93.7 Å². The fourth-order valence-electron chi connectivity index (χ4n) is 2.70. The second-order valence-electron chi connectivity index (χ2n) is 6.29. The summed E-state index contributed by atoms with van der Waals surface area (Å²) < 4.78 is 9.76. The van der Waals surface area contributed by atoms with Gasteiger partial charge in [-0.25, -0.2) is 4.79 Å². The van der Waals surface area contributed by atoms with Gasteiger partial charge in [-0.2, -0.15) is 0 Å². The third-order valence-corrected chi connectivity index (χ3v) is 4.51. The molecule has 0 spiro atoms. The SMILES string of the molecule is COC(=O)c1cccc(NC(=O)C2(C(=O)Nc3ccc(OC)cc3)CC2)c1. The van der Waals surface area contributed by atoms with Gasteiger partial charge in [-0.3, -0.25) is 9.59 Å². The van der Waals surface area contributed by atoms with E-state index >= 15 is 0 Å². The highest BCUT2D eigenvalue weighted by Crippen LogP contribution is 2.47. The monoisotopic (exact) mass is 368 g/mol. The van der Waals surface area contributed by atoms with Crippen LogP contribution >= 0.6 is 0 Å². The van der Waals surface area contributed by atoms with Crippen LogP contribution in [-0.2, 0) is 14.3 Å². The van der Waals surface area contributed by atoms with E-state index < -0.39 is 17.3 Å². The van der Waals surface area contributed by atoms with Gasteiger partial charge in [0.25, 0.3) is 0 Å². The summed E-state index contributed by atoms with van der Waals surface area (Å²) in [5, 5.41) is 5.49. The Balaban J connectivity index is 1.68. The maximum atomic E-state index is 12.7. The highest BCUT2D eigenvalue weighted by Gasteiger charge is 2.56. The molecule has 2 amide bonds. The minimum atomic E-state index is -1.10. The molecular formula is C20H20N2O5. The summed E-state index contributed by atoms with van der Waals surface area (Å²) in [4.78, 5) is 36.9. The summed E-state index contributed by atoms with van der Waals surface area (Å²) in [6, 6.07) is 13.3. The maximum Gasteiger partial charge on any atom is 0.337 e. The minimum Gasteiger partial charge on any atom is -0.497 e. The number of methoxy groups -OCH3 is 2. The van der Waals surface area contributed by atoms with Crippen molar-refractivity contribution in [1.29, 1.82) is 0 Å². The van der Waals surface area contributed by atoms with Crippen LogP contribution in [0.2, 0.25) is 0 Å². The second kappa shape index (κ2) is 7.49. The Labute approximate surface area is 156 Å². The van der Waals surface area contributed by atoms with Crippen molar-refractivity contribution in [2.45, 2.75) is 12.8 Å². The number of ether oxygens (including phenoxy) is 2. The summed E-state index contributed by atoms with van der Waals surface area (Å²) in [6.45, 7) is 0. The largest absolute Gasteiger partial charge is 0.497 e. The molecule has 2 aromatic rings. The highest BCUT2D eigenvalue weighted by molar-refractivity contribution is 6.17. The van der Waals surface area contributed by atoms with Gasteiger partial charge in [-0.15, -0.1) is 0 Å². The van der Waals surface area contributed by atoms with E-state index in [-0.39, 0.29) is 5.91 Å². The van der Waals surface area contributed by atoms with E-state index in [1.165, 1.54) is 13.2 Å². The quantitative estimate of drug-likeness (QED) is 0.604. The molecule has 7 heteroatoms. The molecule has 1 fully saturated rings. The fraction of sp³-hybridized carbons (Fsp3) is 0.250. The van der Waals surface area contributed by atoms with Crippen LogP contribution in [0.3, 0.4) is 0 Å². The predicted molar refractivity (Wildman–Crippen MR) is 99.7 cm³/mol. The summed E-state index contributed by atoms with van der Waals surface area (Å²) in [7, 11) is 2.85. The van der Waals surface area contributed by atoms with Crippen molar-refractivity contribution in [3.05, 3.63) is 54.1 Å². The molecule has 0 radical (unpaired) electrons. The molecule has 7 nitrogen and oxygen atoms in total. The molecule has 0 aromatic heterocycles. The molecule has 0 unspecified atom stereocenters. The summed E-state index contributed by atoms with van der Waals surface area (Å²) in [5.74, 6) is -0.563. The first kappa shape index (κ1) is 18.4. The molecule has 2 N–H and O–H groups in total.